The van der Waals surface area contributed by atoms with Gasteiger partial charge in [-0.3, -0.25) is 4.79 Å². The second kappa shape index (κ2) is 5.09. The maximum absolute atomic E-state index is 11.1. The lowest BCUT2D eigenvalue weighted by Gasteiger charge is -2.05. The van der Waals surface area contributed by atoms with Gasteiger partial charge in [0.2, 0.25) is 5.91 Å². The first-order chi connectivity index (χ1) is 9.72. The Kier molecular flexibility index (Phi) is 3.13. The molecule has 100 valence electrons. The summed E-state index contributed by atoms with van der Waals surface area (Å²) in [5.41, 5.74) is 7.45. The number of fused-ring (bicyclic) bond motifs is 1. The number of hydrogen-bond acceptors (Lipinski definition) is 3. The fraction of sp³-hybridized carbons (Fsp3) is 0.0625. The second-order valence-electron chi connectivity index (χ2n) is 4.55. The van der Waals surface area contributed by atoms with Crippen LogP contribution in [0.25, 0.3) is 11.0 Å². The van der Waals surface area contributed by atoms with Crippen LogP contribution < -0.4 is 11.1 Å². The zero-order chi connectivity index (χ0) is 13.9. The van der Waals surface area contributed by atoms with E-state index in [2.05, 4.69) is 5.32 Å². The van der Waals surface area contributed by atoms with Crippen molar-refractivity contribution in [2.75, 3.05) is 5.32 Å². The molecule has 20 heavy (non-hydrogen) atoms. The molecule has 1 aromatic heterocycles. The monoisotopic (exact) mass is 266 g/mol. The van der Waals surface area contributed by atoms with E-state index < -0.39 is 5.91 Å². The van der Waals surface area contributed by atoms with Crippen molar-refractivity contribution in [1.82, 2.24) is 0 Å². The molecular formula is C16H14N2O2. The standard InChI is InChI=1S/C16H14N2O2/c17-16(19)12-5-3-6-13(8-12)18-10-14-9-11-4-1-2-7-15(11)20-14/h1-9,18H,10H2,(H2,17,19). The maximum atomic E-state index is 11.1. The highest BCUT2D eigenvalue weighted by Gasteiger charge is 2.04. The third-order valence-electron chi connectivity index (χ3n) is 3.09. The van der Waals surface area contributed by atoms with Crippen molar-refractivity contribution in [1.29, 1.82) is 0 Å². The van der Waals surface area contributed by atoms with Crippen LogP contribution in [-0.4, -0.2) is 5.91 Å². The van der Waals surface area contributed by atoms with E-state index >= 15 is 0 Å². The first-order valence-corrected chi connectivity index (χ1v) is 6.33. The minimum Gasteiger partial charge on any atom is -0.459 e. The molecule has 0 fully saturated rings. The summed E-state index contributed by atoms with van der Waals surface area (Å²) >= 11 is 0. The first kappa shape index (κ1) is 12.3. The number of nitrogens with two attached hydrogens (primary N) is 1. The van der Waals surface area contributed by atoms with Gasteiger partial charge < -0.3 is 15.5 Å². The fourth-order valence-electron chi connectivity index (χ4n) is 2.10. The van der Waals surface area contributed by atoms with E-state index in [9.17, 15) is 4.79 Å². The summed E-state index contributed by atoms with van der Waals surface area (Å²) in [7, 11) is 0. The van der Waals surface area contributed by atoms with Crippen molar-refractivity contribution in [2.24, 2.45) is 5.73 Å². The number of amides is 1. The summed E-state index contributed by atoms with van der Waals surface area (Å²) in [6.07, 6.45) is 0. The van der Waals surface area contributed by atoms with E-state index in [1.165, 1.54) is 0 Å². The smallest absolute Gasteiger partial charge is 0.248 e. The molecule has 0 aliphatic carbocycles. The molecule has 0 saturated heterocycles. The number of benzene rings is 2. The van der Waals surface area contributed by atoms with Gasteiger partial charge in [0.1, 0.15) is 11.3 Å². The number of carbonyl (C=O) groups excluding carboxylic acids is 1. The van der Waals surface area contributed by atoms with Crippen LogP contribution in [0.1, 0.15) is 16.1 Å². The van der Waals surface area contributed by atoms with Crippen LogP contribution in [0.2, 0.25) is 0 Å². The molecule has 0 atom stereocenters. The van der Waals surface area contributed by atoms with Gasteiger partial charge in [0.25, 0.3) is 0 Å². The Morgan fingerprint density at radius 1 is 1.10 bits per heavy atom. The quantitative estimate of drug-likeness (QED) is 0.762. The van der Waals surface area contributed by atoms with Crippen molar-refractivity contribution in [3.8, 4) is 0 Å². The molecule has 0 bridgehead atoms. The van der Waals surface area contributed by atoms with Crippen molar-refractivity contribution in [3.63, 3.8) is 0 Å². The van der Waals surface area contributed by atoms with E-state index in [0.717, 1.165) is 22.4 Å². The van der Waals surface area contributed by atoms with Gasteiger partial charge in [-0.1, -0.05) is 24.3 Å². The fourth-order valence-corrected chi connectivity index (χ4v) is 2.10. The van der Waals surface area contributed by atoms with Crippen LogP contribution in [-0.2, 0) is 6.54 Å². The Morgan fingerprint density at radius 3 is 2.75 bits per heavy atom. The molecular weight excluding hydrogens is 252 g/mol. The normalized spacial score (nSPS) is 10.6. The minimum atomic E-state index is -0.433. The topological polar surface area (TPSA) is 68.3 Å². The van der Waals surface area contributed by atoms with E-state index in [-0.39, 0.29) is 0 Å². The Labute approximate surface area is 116 Å². The third kappa shape index (κ3) is 2.49. The highest BCUT2D eigenvalue weighted by atomic mass is 16.3. The van der Waals surface area contributed by atoms with Crippen LogP contribution >= 0.6 is 0 Å². The average molecular weight is 266 g/mol. The number of hydrogen-bond donors (Lipinski definition) is 2. The van der Waals surface area contributed by atoms with E-state index in [0.29, 0.717) is 12.1 Å². The lowest BCUT2D eigenvalue weighted by atomic mass is 10.2. The maximum Gasteiger partial charge on any atom is 0.248 e. The number of primary amides is 1. The summed E-state index contributed by atoms with van der Waals surface area (Å²) < 4.78 is 5.71. The van der Waals surface area contributed by atoms with Gasteiger partial charge in [0, 0.05) is 16.6 Å². The van der Waals surface area contributed by atoms with Gasteiger partial charge in [-0.2, -0.15) is 0 Å². The number of anilines is 1. The molecule has 3 rings (SSSR count). The van der Waals surface area contributed by atoms with Crippen LogP contribution in [0.4, 0.5) is 5.69 Å². The molecule has 0 unspecified atom stereocenters. The molecule has 0 radical (unpaired) electrons. The van der Waals surface area contributed by atoms with Crippen molar-refractivity contribution >= 4 is 22.6 Å². The van der Waals surface area contributed by atoms with E-state index in [1.54, 1.807) is 18.2 Å². The highest BCUT2D eigenvalue weighted by molar-refractivity contribution is 5.93. The van der Waals surface area contributed by atoms with Crippen LogP contribution in [0, 0.1) is 0 Å². The van der Waals surface area contributed by atoms with Crippen molar-refractivity contribution < 1.29 is 9.21 Å². The summed E-state index contributed by atoms with van der Waals surface area (Å²) in [6.45, 7) is 0.552. The van der Waals surface area contributed by atoms with Crippen LogP contribution in [0.5, 0.6) is 0 Å². The number of rotatable bonds is 4. The minimum absolute atomic E-state index is 0.433. The summed E-state index contributed by atoms with van der Waals surface area (Å²) in [5, 5.41) is 4.29. The van der Waals surface area contributed by atoms with Crippen molar-refractivity contribution in [2.45, 2.75) is 6.54 Å². The Morgan fingerprint density at radius 2 is 1.95 bits per heavy atom. The average Bonchev–Trinajstić information content (AvgIpc) is 2.88. The van der Waals surface area contributed by atoms with Gasteiger partial charge in [-0.25, -0.2) is 0 Å². The highest BCUT2D eigenvalue weighted by Crippen LogP contribution is 2.20. The van der Waals surface area contributed by atoms with Crippen LogP contribution in [0.15, 0.2) is 59.0 Å². The molecule has 0 saturated carbocycles. The van der Waals surface area contributed by atoms with Gasteiger partial charge in [-0.05, 0) is 30.3 Å². The number of para-hydroxylation sites is 1. The van der Waals surface area contributed by atoms with Gasteiger partial charge >= 0.3 is 0 Å². The molecule has 0 aliphatic rings. The molecule has 4 heteroatoms. The molecule has 2 aromatic carbocycles. The molecule has 3 N–H and O–H groups in total. The first-order valence-electron chi connectivity index (χ1n) is 6.33. The molecule has 4 nitrogen and oxygen atoms in total. The lowest BCUT2D eigenvalue weighted by Crippen LogP contribution is -2.11. The number of furan rings is 1. The second-order valence-corrected chi connectivity index (χ2v) is 4.55. The zero-order valence-electron chi connectivity index (χ0n) is 10.8. The zero-order valence-corrected chi connectivity index (χ0v) is 10.8. The molecule has 3 aromatic rings. The molecule has 0 spiro atoms. The van der Waals surface area contributed by atoms with Gasteiger partial charge in [-0.15, -0.1) is 0 Å². The molecule has 1 heterocycles. The SMILES string of the molecule is NC(=O)c1cccc(NCc2cc3ccccc3o2)c1. The molecule has 1 amide bonds. The molecule has 0 aliphatic heterocycles. The number of nitrogens with one attached hydrogen (secondary N) is 1. The van der Waals surface area contributed by atoms with Gasteiger partial charge in [0.15, 0.2) is 0 Å². The summed E-state index contributed by atoms with van der Waals surface area (Å²) in [6, 6.07) is 17.0. The predicted molar refractivity (Wildman–Crippen MR) is 78.5 cm³/mol. The largest absolute Gasteiger partial charge is 0.459 e. The van der Waals surface area contributed by atoms with Crippen LogP contribution in [0.3, 0.4) is 0 Å². The number of carbonyl (C=O) groups is 1. The Bertz CT molecular complexity index is 729. The predicted octanol–water partition coefficient (Wildman–Crippen LogP) is 3.14. The van der Waals surface area contributed by atoms with Crippen molar-refractivity contribution in [3.05, 3.63) is 65.9 Å². The summed E-state index contributed by atoms with van der Waals surface area (Å²) in [5.74, 6) is 0.410. The van der Waals surface area contributed by atoms with Gasteiger partial charge in [0.05, 0.1) is 6.54 Å². The summed E-state index contributed by atoms with van der Waals surface area (Å²) in [4.78, 5) is 11.1. The Hall–Kier alpha value is -2.75. The van der Waals surface area contributed by atoms with E-state index in [1.807, 2.05) is 36.4 Å². The Balaban J connectivity index is 1.75. The third-order valence-corrected chi connectivity index (χ3v) is 3.09. The lowest BCUT2D eigenvalue weighted by molar-refractivity contribution is 0.100. The van der Waals surface area contributed by atoms with E-state index in [4.69, 9.17) is 10.2 Å².